The molecule has 1 fully saturated rings. The summed E-state index contributed by atoms with van der Waals surface area (Å²) in [5.41, 5.74) is 8.70. The van der Waals surface area contributed by atoms with Gasteiger partial charge in [0.1, 0.15) is 0 Å². The van der Waals surface area contributed by atoms with Crippen molar-refractivity contribution in [3.05, 3.63) is 78.4 Å². The van der Waals surface area contributed by atoms with E-state index in [1.54, 1.807) is 6.20 Å². The lowest BCUT2D eigenvalue weighted by Crippen LogP contribution is -2.10. The zero-order valence-corrected chi connectivity index (χ0v) is 16.8. The van der Waals surface area contributed by atoms with Gasteiger partial charge in [-0.1, -0.05) is 50.1 Å². The first-order valence-electron chi connectivity index (χ1n) is 9.93. The van der Waals surface area contributed by atoms with Crippen LogP contribution >= 0.6 is 0 Å². The lowest BCUT2D eigenvalue weighted by molar-refractivity contribution is 0.112. The molecule has 0 aliphatic heterocycles. The molecule has 148 valence electrons. The summed E-state index contributed by atoms with van der Waals surface area (Å²) in [6.07, 6.45) is 13.7. The maximum Gasteiger partial charge on any atom is 0.152 e. The highest BCUT2D eigenvalue weighted by molar-refractivity contribution is 5.87. The first-order valence-corrected chi connectivity index (χ1v) is 9.93. The van der Waals surface area contributed by atoms with Crippen LogP contribution in [-0.2, 0) is 0 Å². The van der Waals surface area contributed by atoms with Gasteiger partial charge in [0.05, 0.1) is 0 Å². The molecule has 0 bridgehead atoms. The van der Waals surface area contributed by atoms with Crippen LogP contribution in [-0.4, -0.2) is 23.3 Å². The third kappa shape index (κ3) is 6.17. The van der Waals surface area contributed by atoms with Gasteiger partial charge in [-0.2, -0.15) is 0 Å². The number of aromatic amines is 1. The van der Waals surface area contributed by atoms with E-state index in [-0.39, 0.29) is 0 Å². The van der Waals surface area contributed by atoms with Crippen LogP contribution in [0.15, 0.2) is 67.3 Å². The molecule has 3 N–H and O–H groups in total. The fraction of sp³-hybridized carbons (Fsp3) is 0.333. The molecule has 2 heterocycles. The average Bonchev–Trinajstić information content (AvgIpc) is 3.26. The Labute approximate surface area is 168 Å². The van der Waals surface area contributed by atoms with Crippen LogP contribution in [0.5, 0.6) is 0 Å². The molecule has 0 unspecified atom stereocenters. The van der Waals surface area contributed by atoms with E-state index in [1.165, 1.54) is 38.3 Å². The number of carbonyl (C=O) groups is 1. The Kier molecular flexibility index (Phi) is 9.16. The van der Waals surface area contributed by atoms with Gasteiger partial charge < -0.3 is 10.7 Å². The number of aromatic nitrogens is 2. The molecule has 1 aliphatic rings. The number of hydrogen-bond acceptors (Lipinski definition) is 3. The lowest BCUT2D eigenvalue weighted by atomic mass is 9.80. The normalized spacial score (nSPS) is 18.1. The zero-order chi connectivity index (χ0) is 20.2. The summed E-state index contributed by atoms with van der Waals surface area (Å²) in [6, 6.07) is 14.2. The fourth-order valence-electron chi connectivity index (χ4n) is 3.57. The summed E-state index contributed by atoms with van der Waals surface area (Å²) in [7, 11) is 1.50. The van der Waals surface area contributed by atoms with Gasteiger partial charge in [-0.15, -0.1) is 0 Å². The third-order valence-electron chi connectivity index (χ3n) is 5.18. The fourth-order valence-corrected chi connectivity index (χ4v) is 3.57. The summed E-state index contributed by atoms with van der Waals surface area (Å²) >= 11 is 0. The minimum atomic E-state index is 0.700. The van der Waals surface area contributed by atoms with Gasteiger partial charge in [0.25, 0.3) is 0 Å². The number of benzene rings is 1. The van der Waals surface area contributed by atoms with Gasteiger partial charge in [-0.25, -0.2) is 0 Å². The highest BCUT2D eigenvalue weighted by Gasteiger charge is 2.19. The topological polar surface area (TPSA) is 71.8 Å². The third-order valence-corrected chi connectivity index (χ3v) is 5.18. The number of hydrogen-bond donors (Lipinski definition) is 2. The van der Waals surface area contributed by atoms with Crippen molar-refractivity contribution in [2.45, 2.75) is 38.5 Å². The molecule has 4 nitrogen and oxygen atoms in total. The van der Waals surface area contributed by atoms with E-state index in [2.05, 4.69) is 34.8 Å². The van der Waals surface area contributed by atoms with Crippen LogP contribution in [0, 0.1) is 5.92 Å². The summed E-state index contributed by atoms with van der Waals surface area (Å²) < 4.78 is 0. The van der Waals surface area contributed by atoms with Gasteiger partial charge in [-0.05, 0) is 55.0 Å². The minimum absolute atomic E-state index is 0.700. The van der Waals surface area contributed by atoms with Crippen molar-refractivity contribution in [2.75, 3.05) is 7.05 Å². The molecule has 0 spiro atoms. The quantitative estimate of drug-likeness (QED) is 0.597. The first kappa shape index (κ1) is 21.6. The van der Waals surface area contributed by atoms with Crippen molar-refractivity contribution in [3.63, 3.8) is 0 Å². The molecule has 0 radical (unpaired) electrons. The number of aldehydes is 1. The molecular weight excluding hydrogens is 346 g/mol. The SMILES string of the molecule is CC1CCC(c2ccncc2)CC1.CN.O=Cc1c[nH]cc1-c1ccccc1. The number of carbonyl (C=O) groups excluding carboxylic acids is 1. The van der Waals surface area contributed by atoms with Gasteiger partial charge in [0.15, 0.2) is 6.29 Å². The molecule has 0 amide bonds. The van der Waals surface area contributed by atoms with Crippen molar-refractivity contribution in [2.24, 2.45) is 11.7 Å². The van der Waals surface area contributed by atoms with E-state index >= 15 is 0 Å². The van der Waals surface area contributed by atoms with E-state index in [4.69, 9.17) is 0 Å². The van der Waals surface area contributed by atoms with Crippen molar-refractivity contribution in [3.8, 4) is 11.1 Å². The largest absolute Gasteiger partial charge is 0.366 e. The van der Waals surface area contributed by atoms with Crippen LogP contribution < -0.4 is 5.73 Å². The molecule has 0 saturated heterocycles. The Bertz CT molecular complexity index is 791. The van der Waals surface area contributed by atoms with Gasteiger partial charge in [0, 0.05) is 35.9 Å². The first-order chi connectivity index (χ1) is 13.8. The molecule has 3 aromatic rings. The molecule has 28 heavy (non-hydrogen) atoms. The second kappa shape index (κ2) is 11.9. The van der Waals surface area contributed by atoms with E-state index in [1.807, 2.05) is 48.9 Å². The number of pyridine rings is 1. The number of nitrogens with zero attached hydrogens (tertiary/aromatic N) is 1. The Hall–Kier alpha value is -2.72. The van der Waals surface area contributed by atoms with Gasteiger partial charge in [0.2, 0.25) is 0 Å². The van der Waals surface area contributed by atoms with E-state index in [0.29, 0.717) is 5.56 Å². The van der Waals surface area contributed by atoms with Gasteiger partial charge in [-0.3, -0.25) is 9.78 Å². The maximum absolute atomic E-state index is 10.6. The number of nitrogens with one attached hydrogen (secondary N) is 1. The van der Waals surface area contributed by atoms with Crippen LogP contribution in [0.4, 0.5) is 0 Å². The van der Waals surface area contributed by atoms with Crippen LogP contribution in [0.25, 0.3) is 11.1 Å². The Morgan fingerprint density at radius 3 is 2.21 bits per heavy atom. The number of rotatable bonds is 3. The molecule has 1 aliphatic carbocycles. The number of nitrogens with two attached hydrogens (primary N) is 1. The second-order valence-corrected chi connectivity index (χ2v) is 7.05. The zero-order valence-electron chi connectivity index (χ0n) is 16.8. The molecule has 4 heteroatoms. The predicted molar refractivity (Wildman–Crippen MR) is 116 cm³/mol. The Balaban J connectivity index is 0.000000184. The van der Waals surface area contributed by atoms with Crippen molar-refractivity contribution < 1.29 is 4.79 Å². The summed E-state index contributed by atoms with van der Waals surface area (Å²) in [5.74, 6) is 1.75. The molecule has 1 aromatic carbocycles. The van der Waals surface area contributed by atoms with Gasteiger partial charge >= 0.3 is 0 Å². The van der Waals surface area contributed by atoms with Crippen LogP contribution in [0.2, 0.25) is 0 Å². The monoisotopic (exact) mass is 377 g/mol. The summed E-state index contributed by atoms with van der Waals surface area (Å²) in [6.45, 7) is 2.36. The standard InChI is InChI=1S/C12H17N.C11H9NO.CH5N/c1-10-2-4-11(5-3-10)12-6-8-13-9-7-12;13-8-10-6-12-7-11(10)9-4-2-1-3-5-9;1-2/h6-11H,2-5H2,1H3;1-8,12H;2H2,1H3. The Morgan fingerprint density at radius 2 is 1.61 bits per heavy atom. The predicted octanol–water partition coefficient (Wildman–Crippen LogP) is 5.44. The summed E-state index contributed by atoms with van der Waals surface area (Å²) in [4.78, 5) is 17.6. The minimum Gasteiger partial charge on any atom is -0.366 e. The molecular formula is C24H31N3O. The molecule has 0 atom stereocenters. The molecule has 1 saturated carbocycles. The van der Waals surface area contributed by atoms with E-state index in [0.717, 1.165) is 29.2 Å². The molecule has 4 rings (SSSR count). The smallest absolute Gasteiger partial charge is 0.152 e. The Morgan fingerprint density at radius 1 is 0.964 bits per heavy atom. The van der Waals surface area contributed by atoms with Crippen molar-refractivity contribution in [1.29, 1.82) is 0 Å². The number of H-pyrrole nitrogens is 1. The van der Waals surface area contributed by atoms with E-state index < -0.39 is 0 Å². The molecule has 2 aromatic heterocycles. The van der Waals surface area contributed by atoms with E-state index in [9.17, 15) is 4.79 Å². The van der Waals surface area contributed by atoms with Crippen LogP contribution in [0.1, 0.15) is 54.4 Å². The second-order valence-electron chi connectivity index (χ2n) is 7.05. The average molecular weight is 378 g/mol. The lowest BCUT2D eigenvalue weighted by Gasteiger charge is -2.26. The highest BCUT2D eigenvalue weighted by atomic mass is 16.1. The maximum atomic E-state index is 10.6. The van der Waals surface area contributed by atoms with Crippen molar-refractivity contribution in [1.82, 2.24) is 9.97 Å². The van der Waals surface area contributed by atoms with Crippen LogP contribution in [0.3, 0.4) is 0 Å². The summed E-state index contributed by atoms with van der Waals surface area (Å²) in [5, 5.41) is 0. The highest BCUT2D eigenvalue weighted by Crippen LogP contribution is 2.34. The van der Waals surface area contributed by atoms with Crippen molar-refractivity contribution >= 4 is 6.29 Å².